The fourth-order valence-electron chi connectivity index (χ4n) is 2.41. The minimum absolute atomic E-state index is 0.178. The Morgan fingerprint density at radius 2 is 2.25 bits per heavy atom. The molecule has 110 valence electrons. The SMILES string of the molecule is CCNc1cnc(C(=O)NCC2CCOC2CC)cn1. The molecule has 1 aliphatic heterocycles. The van der Waals surface area contributed by atoms with E-state index < -0.39 is 0 Å². The Kier molecular flexibility index (Phi) is 5.29. The number of rotatable bonds is 6. The quantitative estimate of drug-likeness (QED) is 0.823. The van der Waals surface area contributed by atoms with Crippen LogP contribution in [0.5, 0.6) is 0 Å². The lowest BCUT2D eigenvalue weighted by atomic mass is 10.00. The molecule has 1 aromatic heterocycles. The van der Waals surface area contributed by atoms with Crippen molar-refractivity contribution in [3.05, 3.63) is 18.1 Å². The topological polar surface area (TPSA) is 76.1 Å². The molecule has 6 heteroatoms. The molecule has 0 aliphatic carbocycles. The van der Waals surface area contributed by atoms with Crippen molar-refractivity contribution < 1.29 is 9.53 Å². The molecule has 2 unspecified atom stereocenters. The summed E-state index contributed by atoms with van der Waals surface area (Å²) in [7, 11) is 0. The Balaban J connectivity index is 1.85. The number of anilines is 1. The molecule has 2 heterocycles. The van der Waals surface area contributed by atoms with E-state index in [1.165, 1.54) is 6.20 Å². The second-order valence-corrected chi connectivity index (χ2v) is 4.89. The monoisotopic (exact) mass is 278 g/mol. The summed E-state index contributed by atoms with van der Waals surface area (Å²) in [4.78, 5) is 20.2. The summed E-state index contributed by atoms with van der Waals surface area (Å²) in [6.45, 7) is 6.29. The van der Waals surface area contributed by atoms with Crippen molar-refractivity contribution in [2.24, 2.45) is 5.92 Å². The molecule has 1 fully saturated rings. The van der Waals surface area contributed by atoms with Crippen LogP contribution in [0.1, 0.15) is 37.2 Å². The largest absolute Gasteiger partial charge is 0.378 e. The first-order chi connectivity index (χ1) is 9.74. The number of amides is 1. The first-order valence-corrected chi connectivity index (χ1v) is 7.20. The molecule has 1 saturated heterocycles. The van der Waals surface area contributed by atoms with Crippen LogP contribution in [0.15, 0.2) is 12.4 Å². The molecule has 0 bridgehead atoms. The molecule has 1 amide bonds. The number of aromatic nitrogens is 2. The van der Waals surface area contributed by atoms with Crippen LogP contribution < -0.4 is 10.6 Å². The summed E-state index contributed by atoms with van der Waals surface area (Å²) in [6, 6.07) is 0. The van der Waals surface area contributed by atoms with Gasteiger partial charge >= 0.3 is 0 Å². The van der Waals surface area contributed by atoms with Crippen molar-refractivity contribution in [1.29, 1.82) is 0 Å². The minimum Gasteiger partial charge on any atom is -0.378 e. The van der Waals surface area contributed by atoms with Gasteiger partial charge < -0.3 is 15.4 Å². The first-order valence-electron chi connectivity index (χ1n) is 7.20. The standard InChI is InChI=1S/C14H22N4O2/c1-3-12-10(5-6-20-12)7-18-14(19)11-8-17-13(9-16-11)15-4-2/h8-10,12H,3-7H2,1-2H3,(H,15,17)(H,18,19). The number of hydrogen-bond donors (Lipinski definition) is 2. The van der Waals surface area contributed by atoms with Gasteiger partial charge in [-0.1, -0.05) is 6.92 Å². The van der Waals surface area contributed by atoms with E-state index in [9.17, 15) is 4.79 Å². The lowest BCUT2D eigenvalue weighted by molar-refractivity contribution is 0.0825. The van der Waals surface area contributed by atoms with E-state index in [0.717, 1.165) is 26.0 Å². The van der Waals surface area contributed by atoms with Crippen LogP contribution in [0.2, 0.25) is 0 Å². The van der Waals surface area contributed by atoms with Crippen molar-refractivity contribution in [1.82, 2.24) is 15.3 Å². The van der Waals surface area contributed by atoms with Gasteiger partial charge in [-0.2, -0.15) is 0 Å². The summed E-state index contributed by atoms with van der Waals surface area (Å²) in [5.74, 6) is 0.902. The van der Waals surface area contributed by atoms with Gasteiger partial charge in [-0.25, -0.2) is 9.97 Å². The highest BCUT2D eigenvalue weighted by Gasteiger charge is 2.27. The Labute approximate surface area is 119 Å². The zero-order valence-corrected chi connectivity index (χ0v) is 12.1. The third kappa shape index (κ3) is 3.66. The summed E-state index contributed by atoms with van der Waals surface area (Å²) in [6.07, 6.45) is 5.32. The predicted molar refractivity (Wildman–Crippen MR) is 76.7 cm³/mol. The van der Waals surface area contributed by atoms with Gasteiger partial charge in [0, 0.05) is 25.6 Å². The number of nitrogens with zero attached hydrogens (tertiary/aromatic N) is 2. The van der Waals surface area contributed by atoms with E-state index in [1.807, 2.05) is 6.92 Å². The lowest BCUT2D eigenvalue weighted by Crippen LogP contribution is -2.33. The van der Waals surface area contributed by atoms with Crippen molar-refractivity contribution in [2.45, 2.75) is 32.8 Å². The highest BCUT2D eigenvalue weighted by atomic mass is 16.5. The van der Waals surface area contributed by atoms with Crippen LogP contribution >= 0.6 is 0 Å². The lowest BCUT2D eigenvalue weighted by Gasteiger charge is -2.17. The predicted octanol–water partition coefficient (Wildman–Crippen LogP) is 1.45. The van der Waals surface area contributed by atoms with Gasteiger partial charge in [-0.15, -0.1) is 0 Å². The number of hydrogen-bond acceptors (Lipinski definition) is 5. The maximum Gasteiger partial charge on any atom is 0.271 e. The molecule has 0 radical (unpaired) electrons. The first kappa shape index (κ1) is 14.7. The normalized spacial score (nSPS) is 21.7. The average Bonchev–Trinajstić information content (AvgIpc) is 2.93. The fraction of sp³-hybridized carbons (Fsp3) is 0.643. The molecule has 0 saturated carbocycles. The van der Waals surface area contributed by atoms with E-state index >= 15 is 0 Å². The van der Waals surface area contributed by atoms with Crippen LogP contribution in [0.3, 0.4) is 0 Å². The zero-order valence-electron chi connectivity index (χ0n) is 12.1. The van der Waals surface area contributed by atoms with Crippen molar-refractivity contribution in [3.8, 4) is 0 Å². The second kappa shape index (κ2) is 7.19. The maximum atomic E-state index is 12.0. The molecule has 1 aliphatic rings. The van der Waals surface area contributed by atoms with Crippen LogP contribution in [0, 0.1) is 5.92 Å². The Morgan fingerprint density at radius 1 is 1.40 bits per heavy atom. The van der Waals surface area contributed by atoms with E-state index in [4.69, 9.17) is 4.74 Å². The molecule has 2 atom stereocenters. The van der Waals surface area contributed by atoms with E-state index in [1.54, 1.807) is 6.20 Å². The van der Waals surface area contributed by atoms with Gasteiger partial charge in [0.05, 0.1) is 18.5 Å². The van der Waals surface area contributed by atoms with Gasteiger partial charge in [0.1, 0.15) is 11.5 Å². The molecule has 0 aromatic carbocycles. The fourth-order valence-corrected chi connectivity index (χ4v) is 2.41. The molecule has 20 heavy (non-hydrogen) atoms. The average molecular weight is 278 g/mol. The number of carbonyl (C=O) groups is 1. The highest BCUT2D eigenvalue weighted by Crippen LogP contribution is 2.22. The highest BCUT2D eigenvalue weighted by molar-refractivity contribution is 5.91. The van der Waals surface area contributed by atoms with Crippen LogP contribution in [-0.2, 0) is 4.74 Å². The summed E-state index contributed by atoms with van der Waals surface area (Å²) >= 11 is 0. The van der Waals surface area contributed by atoms with Crippen molar-refractivity contribution in [3.63, 3.8) is 0 Å². The van der Waals surface area contributed by atoms with E-state index in [-0.39, 0.29) is 12.0 Å². The third-order valence-corrected chi connectivity index (χ3v) is 3.52. The van der Waals surface area contributed by atoms with Crippen LogP contribution in [0.4, 0.5) is 5.82 Å². The minimum atomic E-state index is -0.178. The number of ether oxygens (including phenoxy) is 1. The smallest absolute Gasteiger partial charge is 0.271 e. The molecule has 0 spiro atoms. The second-order valence-electron chi connectivity index (χ2n) is 4.89. The molecular weight excluding hydrogens is 256 g/mol. The maximum absolute atomic E-state index is 12.0. The zero-order chi connectivity index (χ0) is 14.4. The molecule has 2 N–H and O–H groups in total. The Bertz CT molecular complexity index is 435. The van der Waals surface area contributed by atoms with E-state index in [0.29, 0.717) is 24.0 Å². The van der Waals surface area contributed by atoms with Crippen molar-refractivity contribution in [2.75, 3.05) is 25.0 Å². The van der Waals surface area contributed by atoms with Crippen LogP contribution in [0.25, 0.3) is 0 Å². The summed E-state index contributed by atoms with van der Waals surface area (Å²) < 4.78 is 5.61. The van der Waals surface area contributed by atoms with Gasteiger partial charge in [0.25, 0.3) is 5.91 Å². The van der Waals surface area contributed by atoms with Crippen molar-refractivity contribution >= 4 is 11.7 Å². The summed E-state index contributed by atoms with van der Waals surface area (Å²) in [5, 5.41) is 5.96. The molecule has 6 nitrogen and oxygen atoms in total. The molecule has 1 aromatic rings. The molecule has 2 rings (SSSR count). The van der Waals surface area contributed by atoms with E-state index in [2.05, 4.69) is 27.5 Å². The number of nitrogens with one attached hydrogen (secondary N) is 2. The van der Waals surface area contributed by atoms with Gasteiger partial charge in [-0.3, -0.25) is 4.79 Å². The van der Waals surface area contributed by atoms with Crippen LogP contribution in [-0.4, -0.2) is 41.7 Å². The Morgan fingerprint density at radius 3 is 2.90 bits per heavy atom. The van der Waals surface area contributed by atoms with Gasteiger partial charge in [0.2, 0.25) is 0 Å². The Hall–Kier alpha value is -1.69. The third-order valence-electron chi connectivity index (χ3n) is 3.52. The molecular formula is C14H22N4O2. The van der Waals surface area contributed by atoms with Gasteiger partial charge in [-0.05, 0) is 19.8 Å². The summed E-state index contributed by atoms with van der Waals surface area (Å²) in [5.41, 5.74) is 0.346. The number of carbonyl (C=O) groups excluding carboxylic acids is 1. The van der Waals surface area contributed by atoms with Gasteiger partial charge in [0.15, 0.2) is 0 Å².